The van der Waals surface area contributed by atoms with Crippen LogP contribution in [0.25, 0.3) is 0 Å². The van der Waals surface area contributed by atoms with Gasteiger partial charge >= 0.3 is 0 Å². The average Bonchev–Trinajstić information content (AvgIpc) is 2.30. The van der Waals surface area contributed by atoms with Crippen LogP contribution in [0.1, 0.15) is 31.4 Å². The second-order valence-electron chi connectivity index (χ2n) is 5.05. The number of likely N-dealkylation sites (tertiary alicyclic amines) is 1. The second kappa shape index (κ2) is 5.85. The van der Waals surface area contributed by atoms with Gasteiger partial charge in [-0.2, -0.15) is 0 Å². The van der Waals surface area contributed by atoms with Gasteiger partial charge in [0, 0.05) is 24.2 Å². The van der Waals surface area contributed by atoms with E-state index in [1.807, 2.05) is 18.2 Å². The molecule has 2 nitrogen and oxygen atoms in total. The molecule has 2 atom stereocenters. The Morgan fingerprint density at radius 3 is 3.00 bits per heavy atom. The van der Waals surface area contributed by atoms with Crippen LogP contribution >= 0.6 is 11.6 Å². The molecule has 0 bridgehead atoms. The number of piperidine rings is 1. The molecular weight excluding hydrogens is 232 g/mol. The molecule has 1 heterocycles. The van der Waals surface area contributed by atoms with Crippen LogP contribution in [0.4, 0.5) is 0 Å². The van der Waals surface area contributed by atoms with Gasteiger partial charge in [0.1, 0.15) is 0 Å². The highest BCUT2D eigenvalue weighted by Gasteiger charge is 2.24. The molecule has 0 aromatic heterocycles. The smallest absolute Gasteiger partial charge is 0.0471 e. The first-order chi connectivity index (χ1) is 8.20. The lowest BCUT2D eigenvalue weighted by atomic mass is 9.96. The fraction of sp³-hybridized carbons (Fsp3) is 0.571. The standard InChI is InChI=1S/C14H21ClN2/c1-11-4-3-7-17(10-11)14(9-16)12-5-2-6-13(15)8-12/h2,5-6,8,11,14H,3-4,7,9-10,16H2,1H3/t11-,14-/m1/s1. The number of nitrogens with zero attached hydrogens (tertiary/aromatic N) is 1. The maximum Gasteiger partial charge on any atom is 0.0471 e. The maximum atomic E-state index is 6.05. The predicted molar refractivity (Wildman–Crippen MR) is 73.2 cm³/mol. The molecule has 1 fully saturated rings. The van der Waals surface area contributed by atoms with Crippen LogP contribution in [0.15, 0.2) is 24.3 Å². The Labute approximate surface area is 109 Å². The summed E-state index contributed by atoms with van der Waals surface area (Å²) in [6.07, 6.45) is 2.61. The van der Waals surface area contributed by atoms with Gasteiger partial charge in [-0.15, -0.1) is 0 Å². The molecule has 0 saturated carbocycles. The molecule has 0 amide bonds. The van der Waals surface area contributed by atoms with Crippen LogP contribution in [0.3, 0.4) is 0 Å². The Hall–Kier alpha value is -0.570. The summed E-state index contributed by atoms with van der Waals surface area (Å²) in [6, 6.07) is 8.41. The number of hydrogen-bond acceptors (Lipinski definition) is 2. The van der Waals surface area contributed by atoms with Crippen molar-refractivity contribution < 1.29 is 0 Å². The maximum absolute atomic E-state index is 6.05. The number of benzene rings is 1. The van der Waals surface area contributed by atoms with E-state index in [9.17, 15) is 0 Å². The van der Waals surface area contributed by atoms with E-state index in [-0.39, 0.29) is 0 Å². The van der Waals surface area contributed by atoms with Gasteiger partial charge in [0.2, 0.25) is 0 Å². The van der Waals surface area contributed by atoms with E-state index in [1.165, 1.54) is 18.4 Å². The van der Waals surface area contributed by atoms with Gasteiger partial charge < -0.3 is 5.73 Å². The molecule has 0 unspecified atom stereocenters. The van der Waals surface area contributed by atoms with Crippen LogP contribution in [-0.2, 0) is 0 Å². The van der Waals surface area contributed by atoms with E-state index >= 15 is 0 Å². The summed E-state index contributed by atoms with van der Waals surface area (Å²) >= 11 is 6.05. The van der Waals surface area contributed by atoms with Gasteiger partial charge in [0.15, 0.2) is 0 Å². The lowest BCUT2D eigenvalue weighted by Gasteiger charge is -2.37. The molecule has 17 heavy (non-hydrogen) atoms. The number of rotatable bonds is 3. The summed E-state index contributed by atoms with van der Waals surface area (Å²) in [7, 11) is 0. The quantitative estimate of drug-likeness (QED) is 0.896. The highest BCUT2D eigenvalue weighted by atomic mass is 35.5. The van der Waals surface area contributed by atoms with Crippen molar-refractivity contribution in [1.82, 2.24) is 4.90 Å². The highest BCUT2D eigenvalue weighted by molar-refractivity contribution is 6.30. The molecule has 0 spiro atoms. The Morgan fingerprint density at radius 2 is 2.35 bits per heavy atom. The summed E-state index contributed by atoms with van der Waals surface area (Å²) in [5, 5.41) is 0.797. The Bertz CT molecular complexity index is 367. The molecule has 0 aliphatic carbocycles. The first kappa shape index (κ1) is 12.9. The molecule has 94 valence electrons. The number of hydrogen-bond donors (Lipinski definition) is 1. The molecular formula is C14H21ClN2. The minimum atomic E-state index is 0.316. The molecule has 2 N–H and O–H groups in total. The van der Waals surface area contributed by atoms with Gasteiger partial charge in [-0.25, -0.2) is 0 Å². The average molecular weight is 253 g/mol. The molecule has 1 aromatic rings. The largest absolute Gasteiger partial charge is 0.329 e. The topological polar surface area (TPSA) is 29.3 Å². The number of nitrogens with two attached hydrogens (primary N) is 1. The van der Waals surface area contributed by atoms with E-state index < -0.39 is 0 Å². The summed E-state index contributed by atoms with van der Waals surface area (Å²) in [6.45, 7) is 5.28. The normalized spacial score (nSPS) is 23.6. The zero-order chi connectivity index (χ0) is 12.3. The minimum Gasteiger partial charge on any atom is -0.329 e. The van der Waals surface area contributed by atoms with Crippen molar-refractivity contribution in [2.24, 2.45) is 11.7 Å². The third-order valence-corrected chi connectivity index (χ3v) is 3.82. The molecule has 1 aliphatic rings. The van der Waals surface area contributed by atoms with Gasteiger partial charge in [0.25, 0.3) is 0 Å². The predicted octanol–water partition coefficient (Wildman–Crippen LogP) is 3.07. The Balaban J connectivity index is 2.15. The Morgan fingerprint density at radius 1 is 1.53 bits per heavy atom. The third kappa shape index (κ3) is 3.21. The summed E-state index contributed by atoms with van der Waals surface area (Å²) in [5.41, 5.74) is 7.19. The van der Waals surface area contributed by atoms with E-state index in [0.717, 1.165) is 24.0 Å². The fourth-order valence-electron chi connectivity index (χ4n) is 2.72. The minimum absolute atomic E-state index is 0.316. The molecule has 3 heteroatoms. The lowest BCUT2D eigenvalue weighted by Crippen LogP contribution is -2.40. The highest BCUT2D eigenvalue weighted by Crippen LogP contribution is 2.27. The monoisotopic (exact) mass is 252 g/mol. The SMILES string of the molecule is C[C@@H]1CCCN([C@H](CN)c2cccc(Cl)c2)C1. The van der Waals surface area contributed by atoms with Crippen molar-refractivity contribution in [3.8, 4) is 0 Å². The van der Waals surface area contributed by atoms with Crippen molar-refractivity contribution >= 4 is 11.6 Å². The summed E-state index contributed by atoms with van der Waals surface area (Å²) < 4.78 is 0. The van der Waals surface area contributed by atoms with E-state index in [0.29, 0.717) is 12.6 Å². The van der Waals surface area contributed by atoms with Gasteiger partial charge in [0.05, 0.1) is 0 Å². The second-order valence-corrected chi connectivity index (χ2v) is 5.49. The number of halogens is 1. The van der Waals surface area contributed by atoms with Crippen LogP contribution in [0.2, 0.25) is 5.02 Å². The molecule has 1 saturated heterocycles. The molecule has 1 aliphatic heterocycles. The van der Waals surface area contributed by atoms with Crippen molar-refractivity contribution in [3.05, 3.63) is 34.9 Å². The zero-order valence-electron chi connectivity index (χ0n) is 10.4. The van der Waals surface area contributed by atoms with E-state index in [4.69, 9.17) is 17.3 Å². The van der Waals surface area contributed by atoms with Crippen LogP contribution in [0, 0.1) is 5.92 Å². The van der Waals surface area contributed by atoms with Gasteiger partial charge in [-0.1, -0.05) is 30.7 Å². The van der Waals surface area contributed by atoms with Gasteiger partial charge in [-0.3, -0.25) is 4.90 Å². The summed E-state index contributed by atoms with van der Waals surface area (Å²) in [4.78, 5) is 2.50. The first-order valence-electron chi connectivity index (χ1n) is 6.40. The van der Waals surface area contributed by atoms with Crippen LogP contribution in [-0.4, -0.2) is 24.5 Å². The van der Waals surface area contributed by atoms with E-state index in [1.54, 1.807) is 0 Å². The Kier molecular flexibility index (Phi) is 4.43. The third-order valence-electron chi connectivity index (χ3n) is 3.59. The van der Waals surface area contributed by atoms with Crippen molar-refractivity contribution in [1.29, 1.82) is 0 Å². The van der Waals surface area contributed by atoms with Crippen molar-refractivity contribution in [3.63, 3.8) is 0 Å². The molecule has 0 radical (unpaired) electrons. The summed E-state index contributed by atoms with van der Waals surface area (Å²) in [5.74, 6) is 0.775. The van der Waals surface area contributed by atoms with Crippen LogP contribution < -0.4 is 5.73 Å². The van der Waals surface area contributed by atoms with Crippen molar-refractivity contribution in [2.45, 2.75) is 25.8 Å². The molecule has 1 aromatic carbocycles. The fourth-order valence-corrected chi connectivity index (χ4v) is 2.92. The first-order valence-corrected chi connectivity index (χ1v) is 6.78. The zero-order valence-corrected chi connectivity index (χ0v) is 11.2. The van der Waals surface area contributed by atoms with E-state index in [2.05, 4.69) is 17.9 Å². The lowest BCUT2D eigenvalue weighted by molar-refractivity contribution is 0.133. The van der Waals surface area contributed by atoms with Crippen molar-refractivity contribution in [2.75, 3.05) is 19.6 Å². The van der Waals surface area contributed by atoms with Crippen LogP contribution in [0.5, 0.6) is 0 Å². The van der Waals surface area contributed by atoms with Gasteiger partial charge in [-0.05, 0) is 43.0 Å². The molecule has 2 rings (SSSR count).